The van der Waals surface area contributed by atoms with E-state index in [1.165, 1.54) is 31.1 Å². The third-order valence-electron chi connectivity index (χ3n) is 4.29. The molecule has 1 fully saturated rings. The third-order valence-corrected chi connectivity index (χ3v) is 5.25. The number of nitrogens with one attached hydrogen (secondary N) is 1. The Hall–Kier alpha value is -0.490. The number of piperazine rings is 1. The summed E-state index contributed by atoms with van der Waals surface area (Å²) in [6, 6.07) is 1.02. The van der Waals surface area contributed by atoms with Crippen LogP contribution in [0.15, 0.2) is 11.7 Å². The molecule has 20 heavy (non-hydrogen) atoms. The van der Waals surface area contributed by atoms with E-state index in [0.29, 0.717) is 18.0 Å². The van der Waals surface area contributed by atoms with Crippen LogP contribution >= 0.6 is 11.3 Å². The first-order valence-corrected chi connectivity index (χ1v) is 8.50. The standard InChI is InChI=1S/C15H28N4S/c1-12(2)14(19-7-5-18(4)6-8-19)9-17-13(3)15-10-16-11-20-15/h10-14,17H,5-9H2,1-4H3. The van der Waals surface area contributed by atoms with Crippen molar-refractivity contribution in [1.82, 2.24) is 20.1 Å². The van der Waals surface area contributed by atoms with Gasteiger partial charge in [0.05, 0.1) is 5.51 Å². The van der Waals surface area contributed by atoms with Crippen molar-refractivity contribution in [3.63, 3.8) is 0 Å². The predicted molar refractivity (Wildman–Crippen MR) is 86.2 cm³/mol. The average molecular weight is 296 g/mol. The number of thiazole rings is 1. The lowest BCUT2D eigenvalue weighted by atomic mass is 10.0. The fraction of sp³-hybridized carbons (Fsp3) is 0.800. The SMILES string of the molecule is CC(NCC(C(C)C)N1CCN(C)CC1)c1cncs1. The first-order chi connectivity index (χ1) is 9.58. The Morgan fingerprint density at radius 3 is 2.50 bits per heavy atom. The number of likely N-dealkylation sites (N-methyl/N-ethyl adjacent to an activating group) is 1. The quantitative estimate of drug-likeness (QED) is 0.871. The van der Waals surface area contributed by atoms with E-state index in [2.05, 4.69) is 47.9 Å². The third kappa shape index (κ3) is 4.25. The maximum Gasteiger partial charge on any atom is 0.0794 e. The molecule has 0 aromatic carbocycles. The number of nitrogens with zero attached hydrogens (tertiary/aromatic N) is 3. The van der Waals surface area contributed by atoms with Crippen molar-refractivity contribution in [2.24, 2.45) is 5.92 Å². The molecular weight excluding hydrogens is 268 g/mol. The minimum atomic E-state index is 0.399. The summed E-state index contributed by atoms with van der Waals surface area (Å²) in [7, 11) is 2.21. The zero-order chi connectivity index (χ0) is 14.5. The van der Waals surface area contributed by atoms with E-state index in [1.54, 1.807) is 11.3 Å². The van der Waals surface area contributed by atoms with E-state index in [1.807, 2.05) is 11.7 Å². The highest BCUT2D eigenvalue weighted by molar-refractivity contribution is 7.09. The van der Waals surface area contributed by atoms with Crippen LogP contribution in [0.2, 0.25) is 0 Å². The molecule has 0 radical (unpaired) electrons. The number of hydrogen-bond acceptors (Lipinski definition) is 5. The van der Waals surface area contributed by atoms with Crippen LogP contribution in [0, 0.1) is 5.92 Å². The fourth-order valence-corrected chi connectivity index (χ4v) is 3.43. The van der Waals surface area contributed by atoms with E-state index < -0.39 is 0 Å². The van der Waals surface area contributed by atoms with Crippen molar-refractivity contribution in [3.05, 3.63) is 16.6 Å². The Balaban J connectivity index is 1.86. The zero-order valence-corrected chi connectivity index (χ0v) is 14.0. The number of hydrogen-bond donors (Lipinski definition) is 1. The van der Waals surface area contributed by atoms with Gasteiger partial charge < -0.3 is 10.2 Å². The molecule has 1 aliphatic heterocycles. The minimum Gasteiger partial charge on any atom is -0.308 e. The van der Waals surface area contributed by atoms with E-state index in [0.717, 1.165) is 6.54 Å². The molecular formula is C15H28N4S. The monoisotopic (exact) mass is 296 g/mol. The highest BCUT2D eigenvalue weighted by Crippen LogP contribution is 2.18. The van der Waals surface area contributed by atoms with Gasteiger partial charge in [-0.05, 0) is 19.9 Å². The summed E-state index contributed by atoms with van der Waals surface area (Å²) in [6.45, 7) is 12.7. The van der Waals surface area contributed by atoms with Crippen molar-refractivity contribution >= 4 is 11.3 Å². The van der Waals surface area contributed by atoms with E-state index >= 15 is 0 Å². The molecule has 114 valence electrons. The van der Waals surface area contributed by atoms with Crippen molar-refractivity contribution in [2.45, 2.75) is 32.9 Å². The van der Waals surface area contributed by atoms with E-state index in [-0.39, 0.29) is 0 Å². The number of rotatable bonds is 6. The highest BCUT2D eigenvalue weighted by Gasteiger charge is 2.25. The van der Waals surface area contributed by atoms with Crippen LogP contribution in [-0.4, -0.2) is 60.6 Å². The lowest BCUT2D eigenvalue weighted by molar-refractivity contribution is 0.0864. The van der Waals surface area contributed by atoms with E-state index in [9.17, 15) is 0 Å². The molecule has 1 aromatic rings. The van der Waals surface area contributed by atoms with E-state index in [4.69, 9.17) is 0 Å². The van der Waals surface area contributed by atoms with Crippen LogP contribution in [0.5, 0.6) is 0 Å². The largest absolute Gasteiger partial charge is 0.308 e. The van der Waals surface area contributed by atoms with Gasteiger partial charge in [-0.1, -0.05) is 13.8 Å². The lowest BCUT2D eigenvalue weighted by Gasteiger charge is -2.40. The second-order valence-electron chi connectivity index (χ2n) is 6.18. The van der Waals surface area contributed by atoms with Crippen LogP contribution in [0.25, 0.3) is 0 Å². The van der Waals surface area contributed by atoms with Gasteiger partial charge in [0.15, 0.2) is 0 Å². The van der Waals surface area contributed by atoms with Gasteiger partial charge in [-0.2, -0.15) is 0 Å². The first-order valence-electron chi connectivity index (χ1n) is 7.62. The molecule has 2 unspecified atom stereocenters. The molecule has 0 amide bonds. The molecule has 0 aliphatic carbocycles. The molecule has 1 saturated heterocycles. The Kier molecular flexibility index (Phi) is 5.96. The first kappa shape index (κ1) is 15.9. The highest BCUT2D eigenvalue weighted by atomic mass is 32.1. The molecule has 4 nitrogen and oxygen atoms in total. The Bertz CT molecular complexity index is 371. The summed E-state index contributed by atoms with van der Waals surface area (Å²) in [5.74, 6) is 0.680. The molecule has 0 bridgehead atoms. The van der Waals surface area contributed by atoms with Gasteiger partial charge in [-0.25, -0.2) is 0 Å². The molecule has 1 N–H and O–H groups in total. The van der Waals surface area contributed by atoms with Crippen LogP contribution < -0.4 is 5.32 Å². The summed E-state index contributed by atoms with van der Waals surface area (Å²) in [4.78, 5) is 10.6. The second-order valence-corrected chi connectivity index (χ2v) is 7.10. The summed E-state index contributed by atoms with van der Waals surface area (Å²) >= 11 is 1.73. The van der Waals surface area contributed by atoms with Crippen molar-refractivity contribution in [2.75, 3.05) is 39.8 Å². The summed E-state index contributed by atoms with van der Waals surface area (Å²) in [6.07, 6.45) is 1.97. The molecule has 0 spiro atoms. The van der Waals surface area contributed by atoms with Crippen molar-refractivity contribution < 1.29 is 0 Å². The fourth-order valence-electron chi connectivity index (χ4n) is 2.78. The molecule has 1 aliphatic rings. The summed E-state index contributed by atoms with van der Waals surface area (Å²) in [5.41, 5.74) is 1.91. The Morgan fingerprint density at radius 2 is 1.95 bits per heavy atom. The van der Waals surface area contributed by atoms with Crippen molar-refractivity contribution in [3.8, 4) is 0 Å². The molecule has 5 heteroatoms. The van der Waals surface area contributed by atoms with Crippen LogP contribution in [0.3, 0.4) is 0 Å². The molecule has 2 atom stereocenters. The maximum atomic E-state index is 4.17. The van der Waals surface area contributed by atoms with Gasteiger partial charge in [-0.15, -0.1) is 11.3 Å². The van der Waals surface area contributed by atoms with Crippen LogP contribution in [0.1, 0.15) is 31.7 Å². The second kappa shape index (κ2) is 7.50. The van der Waals surface area contributed by atoms with Gasteiger partial charge in [0.1, 0.15) is 0 Å². The Labute approximate surface area is 127 Å². The Morgan fingerprint density at radius 1 is 1.25 bits per heavy atom. The number of aromatic nitrogens is 1. The molecule has 1 aromatic heterocycles. The smallest absolute Gasteiger partial charge is 0.0794 e. The van der Waals surface area contributed by atoms with Gasteiger partial charge in [0, 0.05) is 55.9 Å². The normalized spacial score (nSPS) is 21.2. The molecule has 2 heterocycles. The zero-order valence-electron chi connectivity index (χ0n) is 13.2. The molecule has 2 rings (SSSR count). The van der Waals surface area contributed by atoms with Crippen LogP contribution in [-0.2, 0) is 0 Å². The van der Waals surface area contributed by atoms with Gasteiger partial charge in [0.25, 0.3) is 0 Å². The minimum absolute atomic E-state index is 0.399. The van der Waals surface area contributed by atoms with Gasteiger partial charge in [-0.3, -0.25) is 9.88 Å². The van der Waals surface area contributed by atoms with Crippen LogP contribution in [0.4, 0.5) is 0 Å². The average Bonchev–Trinajstić information content (AvgIpc) is 2.94. The van der Waals surface area contributed by atoms with Gasteiger partial charge >= 0.3 is 0 Å². The van der Waals surface area contributed by atoms with Crippen molar-refractivity contribution in [1.29, 1.82) is 0 Å². The molecule has 0 saturated carbocycles. The maximum absolute atomic E-state index is 4.17. The topological polar surface area (TPSA) is 31.4 Å². The summed E-state index contributed by atoms with van der Waals surface area (Å²) < 4.78 is 0. The van der Waals surface area contributed by atoms with Gasteiger partial charge in [0.2, 0.25) is 0 Å². The predicted octanol–water partition coefficient (Wildman–Crippen LogP) is 2.07. The lowest BCUT2D eigenvalue weighted by Crippen LogP contribution is -2.53. The summed E-state index contributed by atoms with van der Waals surface area (Å²) in [5, 5.41) is 3.69.